The molecule has 1 atom stereocenters. The van der Waals surface area contributed by atoms with E-state index in [2.05, 4.69) is 0 Å². The SMILES string of the molecule is CCOC(=O)C1(c2ccc(Cl)c(Cl)c2)CC(=O)C=CO1. The predicted molar refractivity (Wildman–Crippen MR) is 74.6 cm³/mol. The second-order valence-electron chi connectivity index (χ2n) is 4.24. The van der Waals surface area contributed by atoms with Crippen molar-refractivity contribution in [1.29, 1.82) is 0 Å². The third-order valence-electron chi connectivity index (χ3n) is 2.94. The lowest BCUT2D eigenvalue weighted by Crippen LogP contribution is -2.42. The van der Waals surface area contributed by atoms with Gasteiger partial charge in [0, 0.05) is 11.6 Å². The first-order chi connectivity index (χ1) is 9.49. The van der Waals surface area contributed by atoms with Crippen LogP contribution < -0.4 is 0 Å². The summed E-state index contributed by atoms with van der Waals surface area (Å²) in [6, 6.07) is 4.65. The second-order valence-corrected chi connectivity index (χ2v) is 5.05. The lowest BCUT2D eigenvalue weighted by atomic mass is 9.87. The van der Waals surface area contributed by atoms with Crippen LogP contribution in [0.1, 0.15) is 18.9 Å². The van der Waals surface area contributed by atoms with E-state index in [4.69, 9.17) is 32.7 Å². The molecule has 0 spiro atoms. The summed E-state index contributed by atoms with van der Waals surface area (Å²) in [6.45, 7) is 1.87. The molecular weight excluding hydrogens is 303 g/mol. The number of ketones is 1. The Labute approximate surface area is 126 Å². The van der Waals surface area contributed by atoms with Crippen molar-refractivity contribution in [2.45, 2.75) is 18.9 Å². The molecule has 106 valence electrons. The molecule has 0 saturated carbocycles. The van der Waals surface area contributed by atoms with Crippen molar-refractivity contribution in [3.63, 3.8) is 0 Å². The van der Waals surface area contributed by atoms with Crippen molar-refractivity contribution in [1.82, 2.24) is 0 Å². The maximum atomic E-state index is 12.3. The number of ether oxygens (including phenoxy) is 2. The Hall–Kier alpha value is -1.52. The molecule has 0 fully saturated rings. The zero-order valence-electron chi connectivity index (χ0n) is 10.7. The van der Waals surface area contributed by atoms with Crippen LogP contribution in [0.4, 0.5) is 0 Å². The second kappa shape index (κ2) is 5.85. The van der Waals surface area contributed by atoms with E-state index < -0.39 is 11.6 Å². The van der Waals surface area contributed by atoms with Crippen LogP contribution in [0.15, 0.2) is 30.5 Å². The average molecular weight is 315 g/mol. The number of benzene rings is 1. The van der Waals surface area contributed by atoms with Gasteiger partial charge in [0.05, 0.1) is 29.3 Å². The van der Waals surface area contributed by atoms with Gasteiger partial charge in [-0.3, -0.25) is 4.79 Å². The molecule has 1 aliphatic heterocycles. The van der Waals surface area contributed by atoms with E-state index in [0.29, 0.717) is 10.6 Å². The first-order valence-electron chi connectivity index (χ1n) is 5.99. The van der Waals surface area contributed by atoms with Gasteiger partial charge in [-0.1, -0.05) is 29.3 Å². The molecule has 20 heavy (non-hydrogen) atoms. The van der Waals surface area contributed by atoms with Gasteiger partial charge in [-0.05, 0) is 19.1 Å². The minimum atomic E-state index is -1.50. The fraction of sp³-hybridized carbons (Fsp3) is 0.286. The summed E-state index contributed by atoms with van der Waals surface area (Å²) in [5.74, 6) is -0.855. The Kier molecular flexibility index (Phi) is 4.35. The molecule has 0 aliphatic carbocycles. The lowest BCUT2D eigenvalue weighted by Gasteiger charge is -2.32. The predicted octanol–water partition coefficient (Wildman–Crippen LogP) is 3.25. The molecule has 2 rings (SSSR count). The summed E-state index contributed by atoms with van der Waals surface area (Å²) in [5.41, 5.74) is -1.07. The maximum Gasteiger partial charge on any atom is 0.355 e. The highest BCUT2D eigenvalue weighted by atomic mass is 35.5. The third kappa shape index (κ3) is 2.67. The van der Waals surface area contributed by atoms with Gasteiger partial charge in [-0.25, -0.2) is 4.79 Å². The molecule has 0 bridgehead atoms. The fourth-order valence-corrected chi connectivity index (χ4v) is 2.27. The van der Waals surface area contributed by atoms with E-state index >= 15 is 0 Å². The van der Waals surface area contributed by atoms with Gasteiger partial charge in [0.1, 0.15) is 0 Å². The molecular formula is C14H12Cl2O4. The Morgan fingerprint density at radius 3 is 2.75 bits per heavy atom. The number of halogens is 2. The zero-order valence-corrected chi connectivity index (χ0v) is 12.2. The van der Waals surface area contributed by atoms with Crippen LogP contribution in [0.25, 0.3) is 0 Å². The largest absolute Gasteiger partial charge is 0.478 e. The van der Waals surface area contributed by atoms with Crippen molar-refractivity contribution in [2.75, 3.05) is 6.61 Å². The summed E-state index contributed by atoms with van der Waals surface area (Å²) < 4.78 is 10.5. The Bertz CT molecular complexity index is 583. The highest BCUT2D eigenvalue weighted by Gasteiger charge is 2.47. The Morgan fingerprint density at radius 2 is 2.15 bits per heavy atom. The molecule has 1 unspecified atom stereocenters. The number of allylic oxidation sites excluding steroid dienone is 1. The van der Waals surface area contributed by atoms with Gasteiger partial charge in [0.15, 0.2) is 5.78 Å². The molecule has 0 radical (unpaired) electrons. The smallest absolute Gasteiger partial charge is 0.355 e. The van der Waals surface area contributed by atoms with Crippen molar-refractivity contribution >= 4 is 35.0 Å². The zero-order chi connectivity index (χ0) is 14.8. The van der Waals surface area contributed by atoms with E-state index in [1.54, 1.807) is 19.1 Å². The van der Waals surface area contributed by atoms with Crippen LogP contribution in [-0.4, -0.2) is 18.4 Å². The molecule has 0 amide bonds. The quantitative estimate of drug-likeness (QED) is 0.804. The Balaban J connectivity index is 2.51. The molecule has 0 N–H and O–H groups in total. The first-order valence-corrected chi connectivity index (χ1v) is 6.75. The molecule has 6 heteroatoms. The molecule has 0 saturated heterocycles. The van der Waals surface area contributed by atoms with Crippen molar-refractivity contribution in [3.8, 4) is 0 Å². The molecule has 4 nitrogen and oxygen atoms in total. The van der Waals surface area contributed by atoms with Gasteiger partial charge in [0.2, 0.25) is 5.60 Å². The van der Waals surface area contributed by atoms with Gasteiger partial charge in [-0.15, -0.1) is 0 Å². The van der Waals surface area contributed by atoms with Crippen LogP contribution >= 0.6 is 23.2 Å². The summed E-state index contributed by atoms with van der Waals surface area (Å²) >= 11 is 11.8. The molecule has 0 aromatic heterocycles. The van der Waals surface area contributed by atoms with E-state index in [1.165, 1.54) is 18.4 Å². The maximum absolute atomic E-state index is 12.3. The number of esters is 1. The minimum absolute atomic E-state index is 0.139. The van der Waals surface area contributed by atoms with Gasteiger partial charge in [-0.2, -0.15) is 0 Å². The lowest BCUT2D eigenvalue weighted by molar-refractivity contribution is -0.170. The topological polar surface area (TPSA) is 52.6 Å². The number of rotatable bonds is 3. The monoisotopic (exact) mass is 314 g/mol. The standard InChI is InChI=1S/C14H12Cl2O4/c1-2-19-13(18)14(8-10(17)5-6-20-14)9-3-4-11(15)12(16)7-9/h3-7H,2,8H2,1H3. The number of hydrogen-bond acceptors (Lipinski definition) is 4. The number of carbonyl (C=O) groups excluding carboxylic acids is 2. The van der Waals surface area contributed by atoms with Crippen molar-refractivity contribution < 1.29 is 19.1 Å². The highest BCUT2D eigenvalue weighted by molar-refractivity contribution is 6.42. The van der Waals surface area contributed by atoms with Gasteiger partial charge < -0.3 is 9.47 Å². The third-order valence-corrected chi connectivity index (χ3v) is 3.68. The van der Waals surface area contributed by atoms with Crippen LogP contribution in [-0.2, 0) is 24.7 Å². The van der Waals surface area contributed by atoms with Gasteiger partial charge >= 0.3 is 5.97 Å². The number of hydrogen-bond donors (Lipinski definition) is 0. The van der Waals surface area contributed by atoms with Crippen molar-refractivity contribution in [2.24, 2.45) is 0 Å². The van der Waals surface area contributed by atoms with Gasteiger partial charge in [0.25, 0.3) is 0 Å². The molecule has 1 aromatic rings. The van der Waals surface area contributed by atoms with Crippen LogP contribution in [0.2, 0.25) is 10.0 Å². The highest BCUT2D eigenvalue weighted by Crippen LogP contribution is 2.37. The minimum Gasteiger partial charge on any atom is -0.478 e. The Morgan fingerprint density at radius 1 is 1.40 bits per heavy atom. The number of carbonyl (C=O) groups is 2. The summed E-state index contributed by atoms with van der Waals surface area (Å²) in [7, 11) is 0. The average Bonchev–Trinajstić information content (AvgIpc) is 2.42. The molecule has 1 aliphatic rings. The van der Waals surface area contributed by atoms with E-state index in [9.17, 15) is 9.59 Å². The molecule has 1 aromatic carbocycles. The first kappa shape index (κ1) is 14.9. The van der Waals surface area contributed by atoms with Crippen LogP contribution in [0, 0.1) is 0 Å². The summed E-state index contributed by atoms with van der Waals surface area (Å²) in [4.78, 5) is 23.9. The van der Waals surface area contributed by atoms with E-state index in [0.717, 1.165) is 0 Å². The fourth-order valence-electron chi connectivity index (χ4n) is 1.98. The van der Waals surface area contributed by atoms with Crippen LogP contribution in [0.5, 0.6) is 0 Å². The van der Waals surface area contributed by atoms with E-state index in [1.807, 2.05) is 0 Å². The van der Waals surface area contributed by atoms with E-state index in [-0.39, 0.29) is 23.8 Å². The van der Waals surface area contributed by atoms with Crippen LogP contribution in [0.3, 0.4) is 0 Å². The summed E-state index contributed by atoms with van der Waals surface area (Å²) in [5, 5.41) is 0.630. The summed E-state index contributed by atoms with van der Waals surface area (Å²) in [6.07, 6.45) is 2.33. The normalized spacial score (nSPS) is 21.4. The molecule has 1 heterocycles. The van der Waals surface area contributed by atoms with Crippen molar-refractivity contribution in [3.05, 3.63) is 46.1 Å².